The molecule has 118 valence electrons. The van der Waals surface area contributed by atoms with Crippen LogP contribution in [0.3, 0.4) is 0 Å². The molecule has 1 aliphatic rings. The standard InChI is InChI=1S/C17H22N2O3/c1-20-15-8-7-12(10-17(15)21-2)16-11-14(19-22-16)13-6-4-3-5-9-18-13/h7-8,10-11,13,18H,3-6,9H2,1-2H3/t13-/m1/s1. The molecule has 0 saturated carbocycles. The van der Waals surface area contributed by atoms with E-state index in [4.69, 9.17) is 14.0 Å². The minimum Gasteiger partial charge on any atom is -0.493 e. The lowest BCUT2D eigenvalue weighted by Crippen LogP contribution is -2.20. The van der Waals surface area contributed by atoms with E-state index in [1.54, 1.807) is 14.2 Å². The Bertz CT molecular complexity index is 616. The molecule has 1 N–H and O–H groups in total. The lowest BCUT2D eigenvalue weighted by atomic mass is 10.1. The topological polar surface area (TPSA) is 56.5 Å². The lowest BCUT2D eigenvalue weighted by Gasteiger charge is -2.11. The third kappa shape index (κ3) is 3.09. The third-order valence-corrected chi connectivity index (χ3v) is 4.11. The molecule has 0 spiro atoms. The molecule has 0 bridgehead atoms. The van der Waals surface area contributed by atoms with Gasteiger partial charge in [-0.15, -0.1) is 0 Å². The second-order valence-electron chi connectivity index (χ2n) is 5.54. The van der Waals surface area contributed by atoms with E-state index in [1.807, 2.05) is 24.3 Å². The third-order valence-electron chi connectivity index (χ3n) is 4.11. The number of aromatic nitrogens is 1. The normalized spacial score (nSPS) is 18.7. The maximum absolute atomic E-state index is 5.53. The van der Waals surface area contributed by atoms with Crippen molar-refractivity contribution < 1.29 is 14.0 Å². The maximum Gasteiger partial charge on any atom is 0.167 e. The van der Waals surface area contributed by atoms with Gasteiger partial charge in [-0.1, -0.05) is 18.0 Å². The first-order chi connectivity index (χ1) is 10.8. The molecule has 5 nitrogen and oxygen atoms in total. The van der Waals surface area contributed by atoms with Crippen molar-refractivity contribution in [2.75, 3.05) is 20.8 Å². The van der Waals surface area contributed by atoms with Crippen LogP contribution in [0.5, 0.6) is 11.5 Å². The Morgan fingerprint density at radius 3 is 2.77 bits per heavy atom. The van der Waals surface area contributed by atoms with Crippen molar-refractivity contribution >= 4 is 0 Å². The Kier molecular flexibility index (Phi) is 4.63. The Morgan fingerprint density at radius 2 is 1.95 bits per heavy atom. The van der Waals surface area contributed by atoms with Crippen LogP contribution in [0.2, 0.25) is 0 Å². The van der Waals surface area contributed by atoms with Gasteiger partial charge in [-0.3, -0.25) is 0 Å². The van der Waals surface area contributed by atoms with Gasteiger partial charge < -0.3 is 19.3 Å². The smallest absolute Gasteiger partial charge is 0.167 e. The van der Waals surface area contributed by atoms with Crippen molar-refractivity contribution in [3.63, 3.8) is 0 Å². The molecular formula is C17H22N2O3. The molecule has 5 heteroatoms. The average molecular weight is 302 g/mol. The van der Waals surface area contributed by atoms with Gasteiger partial charge in [-0.05, 0) is 37.6 Å². The predicted molar refractivity (Wildman–Crippen MR) is 84.3 cm³/mol. The molecule has 0 aliphatic carbocycles. The van der Waals surface area contributed by atoms with Crippen LogP contribution in [0.4, 0.5) is 0 Å². The van der Waals surface area contributed by atoms with E-state index in [1.165, 1.54) is 19.3 Å². The van der Waals surface area contributed by atoms with Gasteiger partial charge in [0, 0.05) is 11.6 Å². The largest absolute Gasteiger partial charge is 0.493 e. The predicted octanol–water partition coefficient (Wildman–Crippen LogP) is 3.56. The van der Waals surface area contributed by atoms with Crippen LogP contribution >= 0.6 is 0 Å². The van der Waals surface area contributed by atoms with Crippen molar-refractivity contribution in [1.29, 1.82) is 0 Å². The minimum atomic E-state index is 0.292. The molecule has 22 heavy (non-hydrogen) atoms. The van der Waals surface area contributed by atoms with E-state index in [-0.39, 0.29) is 0 Å². The van der Waals surface area contributed by atoms with Crippen molar-refractivity contribution in [2.24, 2.45) is 0 Å². The summed E-state index contributed by atoms with van der Waals surface area (Å²) in [6.07, 6.45) is 4.86. The zero-order chi connectivity index (χ0) is 15.4. The fourth-order valence-corrected chi connectivity index (χ4v) is 2.86. The van der Waals surface area contributed by atoms with Crippen LogP contribution in [0.15, 0.2) is 28.8 Å². The first-order valence-electron chi connectivity index (χ1n) is 7.74. The minimum absolute atomic E-state index is 0.292. The van der Waals surface area contributed by atoms with Crippen LogP contribution in [0.25, 0.3) is 11.3 Å². The summed E-state index contributed by atoms with van der Waals surface area (Å²) in [6.45, 7) is 1.04. The first-order valence-corrected chi connectivity index (χ1v) is 7.74. The van der Waals surface area contributed by atoms with Crippen molar-refractivity contribution in [3.8, 4) is 22.8 Å². The maximum atomic E-state index is 5.53. The second-order valence-corrected chi connectivity index (χ2v) is 5.54. The molecule has 1 aromatic carbocycles. The van der Waals surface area contributed by atoms with E-state index >= 15 is 0 Å². The van der Waals surface area contributed by atoms with E-state index in [0.29, 0.717) is 17.5 Å². The highest BCUT2D eigenvalue weighted by Crippen LogP contribution is 2.33. The highest BCUT2D eigenvalue weighted by atomic mass is 16.5. The van der Waals surface area contributed by atoms with Gasteiger partial charge in [0.1, 0.15) is 5.69 Å². The number of rotatable bonds is 4. The van der Waals surface area contributed by atoms with Gasteiger partial charge in [0.15, 0.2) is 17.3 Å². The van der Waals surface area contributed by atoms with Gasteiger partial charge in [0.05, 0.1) is 20.3 Å². The zero-order valence-electron chi connectivity index (χ0n) is 13.1. The number of nitrogens with zero attached hydrogens (tertiary/aromatic N) is 1. The number of hydrogen-bond donors (Lipinski definition) is 1. The monoisotopic (exact) mass is 302 g/mol. The fourth-order valence-electron chi connectivity index (χ4n) is 2.86. The molecule has 2 heterocycles. The number of nitrogens with one attached hydrogen (secondary N) is 1. The summed E-state index contributed by atoms with van der Waals surface area (Å²) in [5.41, 5.74) is 1.91. The summed E-state index contributed by atoms with van der Waals surface area (Å²) < 4.78 is 16.1. The molecule has 1 fully saturated rings. The molecule has 1 atom stereocenters. The molecular weight excluding hydrogens is 280 g/mol. The number of benzene rings is 1. The van der Waals surface area contributed by atoms with E-state index in [9.17, 15) is 0 Å². The van der Waals surface area contributed by atoms with Crippen molar-refractivity contribution in [2.45, 2.75) is 31.7 Å². The molecule has 1 aromatic heterocycles. The van der Waals surface area contributed by atoms with Crippen LogP contribution in [0.1, 0.15) is 37.4 Å². The summed E-state index contributed by atoms with van der Waals surface area (Å²) in [5, 5.41) is 7.78. The summed E-state index contributed by atoms with van der Waals surface area (Å²) in [7, 11) is 3.25. The number of methoxy groups -OCH3 is 2. The quantitative estimate of drug-likeness (QED) is 0.935. The van der Waals surface area contributed by atoms with Gasteiger partial charge >= 0.3 is 0 Å². The Hall–Kier alpha value is -2.01. The van der Waals surface area contributed by atoms with Crippen molar-refractivity contribution in [1.82, 2.24) is 10.5 Å². The molecule has 0 amide bonds. The molecule has 0 unspecified atom stereocenters. The van der Waals surface area contributed by atoms with Crippen LogP contribution in [0, 0.1) is 0 Å². The molecule has 0 radical (unpaired) electrons. The zero-order valence-corrected chi connectivity index (χ0v) is 13.1. The van der Waals surface area contributed by atoms with E-state index in [2.05, 4.69) is 10.5 Å². The van der Waals surface area contributed by atoms with Gasteiger partial charge in [0.2, 0.25) is 0 Å². The van der Waals surface area contributed by atoms with Crippen LogP contribution < -0.4 is 14.8 Å². The second kappa shape index (κ2) is 6.83. The molecule has 1 aliphatic heterocycles. The Labute approximate surface area is 130 Å². The molecule has 1 saturated heterocycles. The van der Waals surface area contributed by atoms with Gasteiger partial charge in [-0.25, -0.2) is 0 Å². The number of hydrogen-bond acceptors (Lipinski definition) is 5. The first kappa shape index (κ1) is 14.9. The average Bonchev–Trinajstić information content (AvgIpc) is 2.90. The number of ether oxygens (including phenoxy) is 2. The van der Waals surface area contributed by atoms with E-state index in [0.717, 1.165) is 30.0 Å². The van der Waals surface area contributed by atoms with Crippen LogP contribution in [-0.2, 0) is 0 Å². The SMILES string of the molecule is COc1ccc(-c2cc([C@H]3CCCCCN3)no2)cc1OC. The summed E-state index contributed by atoms with van der Waals surface area (Å²) in [6, 6.07) is 8.04. The molecule has 3 rings (SSSR count). The molecule has 2 aromatic rings. The van der Waals surface area contributed by atoms with E-state index < -0.39 is 0 Å². The highest BCUT2D eigenvalue weighted by molar-refractivity contribution is 5.62. The van der Waals surface area contributed by atoms with Gasteiger partial charge in [-0.2, -0.15) is 0 Å². The lowest BCUT2D eigenvalue weighted by molar-refractivity contribution is 0.354. The van der Waals surface area contributed by atoms with Gasteiger partial charge in [0.25, 0.3) is 0 Å². The summed E-state index contributed by atoms with van der Waals surface area (Å²) in [4.78, 5) is 0. The van der Waals surface area contributed by atoms with Crippen LogP contribution in [-0.4, -0.2) is 25.9 Å². The highest BCUT2D eigenvalue weighted by Gasteiger charge is 2.19. The Balaban J connectivity index is 1.83. The van der Waals surface area contributed by atoms with Crippen molar-refractivity contribution in [3.05, 3.63) is 30.0 Å². The summed E-state index contributed by atoms with van der Waals surface area (Å²) in [5.74, 6) is 2.14. The fraction of sp³-hybridized carbons (Fsp3) is 0.471. The summed E-state index contributed by atoms with van der Waals surface area (Å²) >= 11 is 0. The Morgan fingerprint density at radius 1 is 1.09 bits per heavy atom.